The van der Waals surface area contributed by atoms with E-state index in [4.69, 9.17) is 28.3 Å². The molecule has 8 aromatic carbocycles. The summed E-state index contributed by atoms with van der Waals surface area (Å²) >= 11 is 0. The van der Waals surface area contributed by atoms with E-state index >= 15 is 0 Å². The second-order valence-corrected chi connectivity index (χ2v) is 30.6. The zero-order valence-electron chi connectivity index (χ0n) is 66.1. The van der Waals surface area contributed by atoms with Gasteiger partial charge in [0.2, 0.25) is 11.8 Å². The van der Waals surface area contributed by atoms with Crippen LogP contribution in [0.25, 0.3) is 66.6 Å². The third kappa shape index (κ3) is 20.9. The van der Waals surface area contributed by atoms with Gasteiger partial charge in [-0.3, -0.25) is 0 Å². The van der Waals surface area contributed by atoms with Crippen molar-refractivity contribution in [1.29, 1.82) is 10.5 Å². The highest BCUT2D eigenvalue weighted by Crippen LogP contribution is 2.39. The second kappa shape index (κ2) is 42.2. The van der Waals surface area contributed by atoms with Crippen molar-refractivity contribution >= 4 is 79.7 Å². The number of hydrogen-bond donors (Lipinski definition) is 0. The normalized spacial score (nSPS) is 12.1. The highest BCUT2D eigenvalue weighted by atomic mass is 16.5. The van der Waals surface area contributed by atoms with E-state index in [-0.39, 0.29) is 22.9 Å². The Kier molecular flexibility index (Phi) is 30.5. The average Bonchev–Trinajstić information content (AvgIpc) is 1.52. The average molecular weight is 1460 g/mol. The van der Waals surface area contributed by atoms with E-state index in [2.05, 4.69) is 181 Å². The Labute approximate surface area is 655 Å². The van der Waals surface area contributed by atoms with Gasteiger partial charge in [-0.15, -0.1) is 0 Å². The first-order valence-electron chi connectivity index (χ1n) is 42.1. The number of nitriles is 2. The lowest BCUT2D eigenvalue weighted by molar-refractivity contribution is 0.304. The van der Waals surface area contributed by atoms with Crippen LogP contribution < -0.4 is 42.0 Å². The Balaban J connectivity index is 1.03. The summed E-state index contributed by atoms with van der Waals surface area (Å²) in [6, 6.07) is 76.5. The van der Waals surface area contributed by atoms with Gasteiger partial charge >= 0.3 is 13.7 Å². The van der Waals surface area contributed by atoms with Crippen LogP contribution >= 0.6 is 0 Å². The molecule has 12 aromatic rings. The van der Waals surface area contributed by atoms with E-state index in [1.807, 2.05) is 74.5 Å². The van der Waals surface area contributed by atoms with Crippen molar-refractivity contribution in [2.24, 2.45) is 0 Å². The molecule has 4 aromatic heterocycles. The quantitative estimate of drug-likeness (QED) is 0.0273. The minimum atomic E-state index is -0.611. The zero-order valence-corrected chi connectivity index (χ0v) is 66.1. The first kappa shape index (κ1) is 79.5. The van der Waals surface area contributed by atoms with Gasteiger partial charge in [-0.25, -0.2) is 9.97 Å². The summed E-state index contributed by atoms with van der Waals surface area (Å²) in [5, 5.41) is 27.7. The lowest BCUT2D eigenvalue weighted by Gasteiger charge is -2.24. The number of ether oxygens (including phenoxy) is 2. The van der Waals surface area contributed by atoms with E-state index < -0.39 is 13.7 Å². The van der Waals surface area contributed by atoms with Gasteiger partial charge < -0.3 is 27.3 Å². The molecule has 566 valence electrons. The highest BCUT2D eigenvalue weighted by Gasteiger charge is 2.38. The summed E-state index contributed by atoms with van der Waals surface area (Å²) in [6.07, 6.45) is 41.3. The van der Waals surface area contributed by atoms with Crippen molar-refractivity contribution < 1.29 is 18.3 Å². The van der Waals surface area contributed by atoms with E-state index in [0.717, 1.165) is 81.2 Å². The maximum atomic E-state index is 12.6. The third-order valence-electron chi connectivity index (χ3n) is 22.1. The molecule has 0 amide bonds. The Morgan fingerprint density at radius 2 is 0.636 bits per heavy atom. The first-order chi connectivity index (χ1) is 54.3. The van der Waals surface area contributed by atoms with Crippen LogP contribution in [0.3, 0.4) is 0 Å². The molecule has 0 spiro atoms. The SMILES string of the molecule is CCCCCCCCCCCCCCCCCCOc1cccc(-c2c3/c(=C(\C#N)c4nc5cc(C)ccc5o4)n(B(c4ccccc4)c4ccccc4)c(-c4cccc(OCCCCCCCCCCCCCCCCCC)c4)c3/c(=C(\C#N)c3nc4cc(C)ccc4o3)n2B(c2ccccc2)c2ccccc2)c1. The highest BCUT2D eigenvalue weighted by molar-refractivity contribution is 6.85. The Morgan fingerprint density at radius 3 is 0.927 bits per heavy atom. The fraction of sp³-hybridized carbons (Fsp3) is 0.388. The smallest absolute Gasteiger partial charge is 0.328 e. The molecule has 12 heteroatoms. The summed E-state index contributed by atoms with van der Waals surface area (Å²) in [6.45, 7) is 8.54. The molecule has 0 N–H and O–H groups in total. The molecule has 110 heavy (non-hydrogen) atoms. The molecule has 4 heterocycles. The molecule has 0 aliphatic heterocycles. The van der Waals surface area contributed by atoms with Gasteiger partial charge in [0.05, 0.1) is 23.9 Å². The Morgan fingerprint density at radius 1 is 0.345 bits per heavy atom. The van der Waals surface area contributed by atoms with E-state index in [1.165, 1.54) is 180 Å². The van der Waals surface area contributed by atoms with Crippen molar-refractivity contribution in [2.75, 3.05) is 13.2 Å². The Bertz CT molecular complexity index is 4650. The molecule has 0 saturated heterocycles. The van der Waals surface area contributed by atoms with Crippen LogP contribution in [0, 0.1) is 36.5 Å². The summed E-state index contributed by atoms with van der Waals surface area (Å²) in [5.41, 5.74) is 11.7. The number of aromatic nitrogens is 4. The molecule has 0 radical (unpaired) electrons. The van der Waals surface area contributed by atoms with Gasteiger partial charge in [0.15, 0.2) is 11.2 Å². The molecule has 0 fully saturated rings. The first-order valence-corrected chi connectivity index (χ1v) is 42.1. The van der Waals surface area contributed by atoms with Crippen molar-refractivity contribution in [3.63, 3.8) is 0 Å². The van der Waals surface area contributed by atoms with Crippen LogP contribution in [0.15, 0.2) is 215 Å². The fourth-order valence-electron chi connectivity index (χ4n) is 16.3. The minimum absolute atomic E-state index is 0.161. The number of benzene rings is 8. The van der Waals surface area contributed by atoms with Crippen LogP contribution in [0.4, 0.5) is 0 Å². The second-order valence-electron chi connectivity index (χ2n) is 30.6. The third-order valence-corrected chi connectivity index (χ3v) is 22.1. The van der Waals surface area contributed by atoms with E-state index in [1.54, 1.807) is 0 Å². The number of rotatable bonds is 46. The number of hydrogen-bond acceptors (Lipinski definition) is 8. The summed E-state index contributed by atoms with van der Waals surface area (Å²) < 4.78 is 32.5. The molecule has 0 atom stereocenters. The molecule has 0 bridgehead atoms. The minimum Gasteiger partial charge on any atom is -0.494 e. The standard InChI is InChI=1S/C98H114B2N6O4/c1-5-7-9-11-13-15-17-19-21-23-25-27-29-31-33-47-67-107-83-61-49-51-77(71-83)93-91-92(96(86(74-102)98-104-88-70-76(4)64-66-90(88)110-98)105(93)99(79-53-39-35-40-54-79)80-55-41-36-42-56-80)94(78-52-50-62-84(72-78)108-68-48-34-32-30-28-26-24-22-20-18-16-14-12-10-8-6-2)106(100(81-57-43-37-44-58-81)82-59-45-38-46-60-82)95(91)85(73-101)97-103-87-69-75(3)63-65-89(87)109-97/h35-46,49-66,69-72H,5-34,47-48,67-68H2,1-4H3/b95-85-,96-86-. The predicted molar refractivity (Wildman–Crippen MR) is 460 cm³/mol. The van der Waals surface area contributed by atoms with Gasteiger partial charge in [0.1, 0.15) is 45.8 Å². The molecular weight excluding hydrogens is 1350 g/mol. The van der Waals surface area contributed by atoms with Crippen LogP contribution in [0.5, 0.6) is 11.5 Å². The largest absolute Gasteiger partial charge is 0.494 e. The van der Waals surface area contributed by atoms with E-state index in [9.17, 15) is 10.5 Å². The number of unbranched alkanes of at least 4 members (excludes halogenated alkanes) is 30. The van der Waals surface area contributed by atoms with Gasteiger partial charge in [-0.1, -0.05) is 386 Å². The molecule has 0 aliphatic rings. The van der Waals surface area contributed by atoms with Crippen LogP contribution in [0.1, 0.15) is 242 Å². The fourth-order valence-corrected chi connectivity index (χ4v) is 16.3. The Hall–Kier alpha value is -10.0. The van der Waals surface area contributed by atoms with Crippen molar-refractivity contribution in [3.8, 4) is 46.2 Å². The summed E-state index contributed by atoms with van der Waals surface area (Å²) in [4.78, 5) is 10.6. The molecular formula is C98H114B2N6O4. The van der Waals surface area contributed by atoms with Gasteiger partial charge in [0, 0.05) is 33.3 Å². The zero-order chi connectivity index (χ0) is 75.9. The number of oxazole rings is 2. The molecule has 12 rings (SSSR count). The summed E-state index contributed by atoms with van der Waals surface area (Å²) in [7, 11) is 0. The molecule has 0 saturated carbocycles. The molecule has 10 nitrogen and oxygen atoms in total. The van der Waals surface area contributed by atoms with Crippen molar-refractivity contribution in [2.45, 2.75) is 233 Å². The summed E-state index contributed by atoms with van der Waals surface area (Å²) in [5.74, 6) is 1.74. The number of aryl methyl sites for hydroxylation is 2. The van der Waals surface area contributed by atoms with Crippen molar-refractivity contribution in [3.05, 3.63) is 240 Å². The number of fused-ring (bicyclic) bond motifs is 3. The molecule has 0 aliphatic carbocycles. The topological polar surface area (TPSA) is 128 Å². The lowest BCUT2D eigenvalue weighted by Crippen LogP contribution is -2.54. The van der Waals surface area contributed by atoms with Gasteiger partial charge in [0.25, 0.3) is 0 Å². The van der Waals surface area contributed by atoms with Gasteiger partial charge in [-0.05, 0) is 86.3 Å². The predicted octanol–water partition coefficient (Wildman–Crippen LogP) is 22.7. The maximum Gasteiger partial charge on any atom is 0.328 e. The maximum absolute atomic E-state index is 12.6. The van der Waals surface area contributed by atoms with Crippen LogP contribution in [-0.4, -0.2) is 45.8 Å². The van der Waals surface area contributed by atoms with Crippen molar-refractivity contribution in [1.82, 2.24) is 18.9 Å². The monoisotopic (exact) mass is 1460 g/mol. The van der Waals surface area contributed by atoms with E-state index in [0.29, 0.717) is 68.4 Å². The number of nitrogens with zero attached hydrogens (tertiary/aromatic N) is 6. The molecule has 0 unspecified atom stereocenters. The van der Waals surface area contributed by atoms with Crippen LogP contribution in [0.2, 0.25) is 0 Å². The van der Waals surface area contributed by atoms with Gasteiger partial charge in [-0.2, -0.15) is 10.5 Å². The lowest BCUT2D eigenvalue weighted by atomic mass is 9.50. The van der Waals surface area contributed by atoms with Crippen LogP contribution in [-0.2, 0) is 0 Å².